The predicted molar refractivity (Wildman–Crippen MR) is 125 cm³/mol. The number of thiazole rings is 1. The molecular weight excluding hydrogens is 422 g/mol. The maximum Gasteiger partial charge on any atom is 0.273 e. The molecule has 1 aromatic heterocycles. The van der Waals surface area contributed by atoms with Gasteiger partial charge in [-0.15, -0.1) is 11.3 Å². The summed E-state index contributed by atoms with van der Waals surface area (Å²) >= 11 is 1.17. The Morgan fingerprint density at radius 2 is 1.81 bits per heavy atom. The fraction of sp³-hybridized carbons (Fsp3) is 0.240. The molecule has 0 bridgehead atoms. The van der Waals surface area contributed by atoms with E-state index in [-0.39, 0.29) is 17.0 Å². The summed E-state index contributed by atoms with van der Waals surface area (Å²) < 4.78 is 7.63. The monoisotopic (exact) mass is 445 g/mol. The van der Waals surface area contributed by atoms with Crippen LogP contribution in [-0.2, 0) is 16.0 Å². The molecule has 2 heterocycles. The minimum atomic E-state index is -0.373. The van der Waals surface area contributed by atoms with Crippen molar-refractivity contribution in [3.8, 4) is 11.8 Å². The molecule has 0 N–H and O–H groups in total. The number of hydrogen-bond donors (Lipinski definition) is 0. The van der Waals surface area contributed by atoms with Crippen LogP contribution in [0, 0.1) is 11.3 Å². The third-order valence-corrected chi connectivity index (χ3v) is 6.45. The SMILES string of the molecule is CCc1ccc(-n2c(=O)/c(=C\c3ccccc3)s/c2=C(/C#N)C(=O)N2CCOCC2)cc1. The summed E-state index contributed by atoms with van der Waals surface area (Å²) in [6.07, 6.45) is 2.67. The molecular formula is C25H23N3O3S. The lowest BCUT2D eigenvalue weighted by Crippen LogP contribution is -2.42. The normalized spacial score (nSPS) is 15.4. The number of carbonyl (C=O) groups is 1. The van der Waals surface area contributed by atoms with Crippen LogP contribution in [0.2, 0.25) is 0 Å². The first-order valence-corrected chi connectivity index (χ1v) is 11.3. The van der Waals surface area contributed by atoms with Gasteiger partial charge in [0.25, 0.3) is 11.5 Å². The minimum absolute atomic E-state index is 0.0266. The number of ether oxygens (including phenoxy) is 1. The Morgan fingerprint density at radius 1 is 1.12 bits per heavy atom. The molecule has 1 fully saturated rings. The Morgan fingerprint density at radius 3 is 2.44 bits per heavy atom. The van der Waals surface area contributed by atoms with Crippen LogP contribution in [0.5, 0.6) is 0 Å². The molecule has 0 aliphatic carbocycles. The Balaban J connectivity index is 1.97. The molecule has 2 aromatic carbocycles. The first-order valence-electron chi connectivity index (χ1n) is 10.5. The van der Waals surface area contributed by atoms with Gasteiger partial charge in [0, 0.05) is 13.1 Å². The van der Waals surface area contributed by atoms with Crippen molar-refractivity contribution < 1.29 is 9.53 Å². The highest BCUT2D eigenvalue weighted by Crippen LogP contribution is 2.10. The van der Waals surface area contributed by atoms with Gasteiger partial charge in [-0.05, 0) is 35.8 Å². The number of rotatable bonds is 4. The molecule has 1 saturated heterocycles. The Hall–Kier alpha value is -3.47. The Bertz CT molecular complexity index is 1330. The molecule has 0 unspecified atom stereocenters. The highest BCUT2D eigenvalue weighted by atomic mass is 32.1. The van der Waals surface area contributed by atoms with E-state index in [9.17, 15) is 14.9 Å². The Labute approximate surface area is 189 Å². The second-order valence-corrected chi connectivity index (χ2v) is 8.41. The van der Waals surface area contributed by atoms with Crippen LogP contribution in [0.15, 0.2) is 59.4 Å². The molecule has 7 heteroatoms. The zero-order valence-electron chi connectivity index (χ0n) is 17.8. The molecule has 3 aromatic rings. The molecule has 162 valence electrons. The molecule has 1 aliphatic heterocycles. The number of amides is 1. The van der Waals surface area contributed by atoms with Gasteiger partial charge in [0.2, 0.25) is 0 Å². The van der Waals surface area contributed by atoms with Crippen LogP contribution in [-0.4, -0.2) is 41.7 Å². The van der Waals surface area contributed by atoms with Crippen LogP contribution < -0.4 is 14.8 Å². The largest absolute Gasteiger partial charge is 0.378 e. The summed E-state index contributed by atoms with van der Waals surface area (Å²) in [6.45, 7) is 3.79. The fourth-order valence-corrected chi connectivity index (χ4v) is 4.67. The Kier molecular flexibility index (Phi) is 6.64. The van der Waals surface area contributed by atoms with E-state index in [1.54, 1.807) is 11.0 Å². The number of morpholine rings is 1. The van der Waals surface area contributed by atoms with Crippen molar-refractivity contribution in [2.24, 2.45) is 0 Å². The molecule has 0 radical (unpaired) electrons. The fourth-order valence-electron chi connectivity index (χ4n) is 3.58. The standard InChI is InChI=1S/C25H23N3O3S/c1-2-18-8-10-20(11-9-18)28-24(30)22(16-19-6-4-3-5-7-19)32-25(28)21(17-26)23(29)27-12-14-31-15-13-27/h3-11,16H,2,12-15H2,1H3/b22-16+,25-21-. The van der Waals surface area contributed by atoms with Gasteiger partial charge in [-0.25, -0.2) is 0 Å². The highest BCUT2D eigenvalue weighted by molar-refractivity contribution is 7.07. The van der Waals surface area contributed by atoms with Crippen LogP contribution >= 0.6 is 11.3 Å². The van der Waals surface area contributed by atoms with Gasteiger partial charge >= 0.3 is 0 Å². The van der Waals surface area contributed by atoms with E-state index in [0.29, 0.717) is 41.2 Å². The van der Waals surface area contributed by atoms with Crippen molar-refractivity contribution in [2.75, 3.05) is 26.3 Å². The summed E-state index contributed by atoms with van der Waals surface area (Å²) in [7, 11) is 0. The lowest BCUT2D eigenvalue weighted by atomic mass is 10.1. The molecule has 1 amide bonds. The van der Waals surface area contributed by atoms with E-state index in [1.165, 1.54) is 15.9 Å². The van der Waals surface area contributed by atoms with Gasteiger partial charge < -0.3 is 9.64 Å². The van der Waals surface area contributed by atoms with Crippen molar-refractivity contribution in [1.29, 1.82) is 5.26 Å². The van der Waals surface area contributed by atoms with E-state index in [1.807, 2.05) is 54.6 Å². The van der Waals surface area contributed by atoms with Gasteiger partial charge in [-0.2, -0.15) is 5.26 Å². The molecule has 0 spiro atoms. The second kappa shape index (κ2) is 9.77. The summed E-state index contributed by atoms with van der Waals surface area (Å²) in [4.78, 5) is 28.2. The van der Waals surface area contributed by atoms with Crippen molar-refractivity contribution in [3.05, 3.63) is 85.3 Å². The first-order chi connectivity index (χ1) is 15.6. The summed E-state index contributed by atoms with van der Waals surface area (Å²) in [5, 5.41) is 9.94. The smallest absolute Gasteiger partial charge is 0.273 e. The van der Waals surface area contributed by atoms with E-state index < -0.39 is 0 Å². The van der Waals surface area contributed by atoms with E-state index in [2.05, 4.69) is 13.0 Å². The topological polar surface area (TPSA) is 75.3 Å². The number of nitrogens with zero attached hydrogens (tertiary/aromatic N) is 3. The number of aromatic nitrogens is 1. The summed E-state index contributed by atoms with van der Waals surface area (Å²) in [6, 6.07) is 19.2. The molecule has 0 atom stereocenters. The number of aryl methyl sites for hydroxylation is 1. The van der Waals surface area contributed by atoms with Gasteiger partial charge in [0.1, 0.15) is 10.7 Å². The van der Waals surface area contributed by atoms with E-state index in [4.69, 9.17) is 4.74 Å². The highest BCUT2D eigenvalue weighted by Gasteiger charge is 2.24. The van der Waals surface area contributed by atoms with Gasteiger partial charge in [0.05, 0.1) is 23.4 Å². The van der Waals surface area contributed by atoms with E-state index >= 15 is 0 Å². The van der Waals surface area contributed by atoms with Crippen molar-refractivity contribution >= 4 is 28.9 Å². The number of carbonyl (C=O) groups excluding carboxylic acids is 1. The third-order valence-electron chi connectivity index (χ3n) is 5.36. The third kappa shape index (κ3) is 4.42. The molecule has 6 nitrogen and oxygen atoms in total. The first kappa shape index (κ1) is 21.8. The minimum Gasteiger partial charge on any atom is -0.378 e. The van der Waals surface area contributed by atoms with Crippen LogP contribution in [0.25, 0.3) is 17.3 Å². The maximum atomic E-state index is 13.4. The predicted octanol–water partition coefficient (Wildman–Crippen LogP) is 1.82. The quantitative estimate of drug-likeness (QED) is 0.614. The van der Waals surface area contributed by atoms with Crippen molar-refractivity contribution in [3.63, 3.8) is 0 Å². The average molecular weight is 446 g/mol. The second-order valence-electron chi connectivity index (χ2n) is 7.38. The van der Waals surface area contributed by atoms with Gasteiger partial charge in [-0.3, -0.25) is 14.2 Å². The molecule has 32 heavy (non-hydrogen) atoms. The lowest BCUT2D eigenvalue weighted by Gasteiger charge is -2.26. The van der Waals surface area contributed by atoms with Gasteiger partial charge in [0.15, 0.2) is 5.57 Å². The van der Waals surface area contributed by atoms with Crippen molar-refractivity contribution in [2.45, 2.75) is 13.3 Å². The summed E-state index contributed by atoms with van der Waals surface area (Å²) in [5.74, 6) is -0.373. The van der Waals surface area contributed by atoms with E-state index in [0.717, 1.165) is 17.5 Å². The van der Waals surface area contributed by atoms with Crippen LogP contribution in [0.1, 0.15) is 18.1 Å². The lowest BCUT2D eigenvalue weighted by molar-refractivity contribution is -0.128. The number of nitriles is 1. The van der Waals surface area contributed by atoms with Crippen LogP contribution in [0.4, 0.5) is 0 Å². The van der Waals surface area contributed by atoms with Crippen molar-refractivity contribution in [1.82, 2.24) is 9.47 Å². The van der Waals surface area contributed by atoms with Crippen LogP contribution in [0.3, 0.4) is 0 Å². The van der Waals surface area contributed by atoms with Gasteiger partial charge in [-0.1, -0.05) is 49.4 Å². The zero-order valence-corrected chi connectivity index (χ0v) is 18.6. The molecule has 0 saturated carbocycles. The average Bonchev–Trinajstić information content (AvgIpc) is 3.16. The molecule has 4 rings (SSSR count). The summed E-state index contributed by atoms with van der Waals surface area (Å²) in [5.41, 5.74) is 2.38. The molecule has 1 aliphatic rings. The maximum absolute atomic E-state index is 13.4. The number of hydrogen-bond acceptors (Lipinski definition) is 5. The zero-order chi connectivity index (χ0) is 22.5. The number of benzene rings is 2.